The van der Waals surface area contributed by atoms with Crippen molar-refractivity contribution >= 4 is 17.4 Å². The molecular weight excluding hydrogens is 256 g/mol. The minimum absolute atomic E-state index is 0.184. The van der Waals surface area contributed by atoms with E-state index in [1.807, 2.05) is 18.0 Å². The largest absolute Gasteiger partial charge is 0.391 e. The topological polar surface area (TPSA) is 36.4 Å². The monoisotopic (exact) mass is 278 g/mol. The molecule has 1 aromatic rings. The Morgan fingerprint density at radius 1 is 1.42 bits per heavy atom. The number of pyridine rings is 1. The van der Waals surface area contributed by atoms with Gasteiger partial charge in [0.15, 0.2) is 0 Å². The number of thioether (sulfide) groups is 1. The van der Waals surface area contributed by atoms with Crippen LogP contribution in [-0.2, 0) is 0 Å². The zero-order valence-corrected chi connectivity index (χ0v) is 12.5. The molecule has 2 atom stereocenters. The van der Waals surface area contributed by atoms with Gasteiger partial charge in [0.05, 0.1) is 23.7 Å². The molecule has 0 bridgehead atoms. The fraction of sp³-hybridized carbons (Fsp3) is 0.667. The molecule has 1 saturated heterocycles. The molecule has 1 aliphatic heterocycles. The highest BCUT2D eigenvalue weighted by Crippen LogP contribution is 2.50. The maximum atomic E-state index is 9.92. The summed E-state index contributed by atoms with van der Waals surface area (Å²) in [6.45, 7) is 2.94. The van der Waals surface area contributed by atoms with E-state index >= 15 is 0 Å². The molecular formula is C15H22N2OS. The summed E-state index contributed by atoms with van der Waals surface area (Å²) in [6, 6.07) is 4.31. The first-order valence-electron chi connectivity index (χ1n) is 7.09. The quantitative estimate of drug-likeness (QED) is 0.922. The second kappa shape index (κ2) is 4.98. The van der Waals surface area contributed by atoms with Crippen LogP contribution in [0.3, 0.4) is 0 Å². The minimum Gasteiger partial charge on any atom is -0.391 e. The van der Waals surface area contributed by atoms with Gasteiger partial charge in [0.1, 0.15) is 0 Å². The Hall–Kier alpha value is -0.740. The molecule has 3 nitrogen and oxygen atoms in total. The zero-order valence-electron chi connectivity index (χ0n) is 11.7. The second-order valence-electron chi connectivity index (χ2n) is 5.85. The van der Waals surface area contributed by atoms with Crippen molar-refractivity contribution in [3.05, 3.63) is 24.0 Å². The van der Waals surface area contributed by atoms with Gasteiger partial charge in [0, 0.05) is 17.3 Å². The lowest BCUT2D eigenvalue weighted by molar-refractivity contribution is 0.138. The summed E-state index contributed by atoms with van der Waals surface area (Å²) < 4.78 is 0. The average molecular weight is 278 g/mol. The molecule has 1 aromatic heterocycles. The van der Waals surface area contributed by atoms with Crippen molar-refractivity contribution in [1.82, 2.24) is 4.98 Å². The number of nitrogens with zero attached hydrogens (tertiary/aromatic N) is 2. The molecule has 0 amide bonds. The van der Waals surface area contributed by atoms with Crippen LogP contribution in [0.1, 0.15) is 43.6 Å². The minimum atomic E-state index is -0.184. The summed E-state index contributed by atoms with van der Waals surface area (Å²) in [6.07, 6.45) is 8.52. The molecule has 1 saturated carbocycles. The lowest BCUT2D eigenvalue weighted by Gasteiger charge is -2.40. The van der Waals surface area contributed by atoms with Gasteiger partial charge in [0.25, 0.3) is 0 Å². The molecule has 0 radical (unpaired) electrons. The van der Waals surface area contributed by atoms with Crippen molar-refractivity contribution in [2.75, 3.05) is 17.7 Å². The number of aromatic nitrogens is 1. The summed E-state index contributed by atoms with van der Waals surface area (Å²) in [4.78, 5) is 6.99. The van der Waals surface area contributed by atoms with Crippen LogP contribution < -0.4 is 4.90 Å². The molecule has 1 N–H and O–H groups in total. The maximum absolute atomic E-state index is 9.92. The predicted octanol–water partition coefficient (Wildman–Crippen LogP) is 3.00. The third kappa shape index (κ3) is 2.48. The fourth-order valence-electron chi connectivity index (χ4n) is 3.03. The molecule has 19 heavy (non-hydrogen) atoms. The van der Waals surface area contributed by atoms with E-state index in [0.29, 0.717) is 10.8 Å². The van der Waals surface area contributed by atoms with Crippen LogP contribution in [0.2, 0.25) is 0 Å². The van der Waals surface area contributed by atoms with Crippen LogP contribution in [0.15, 0.2) is 18.3 Å². The summed E-state index contributed by atoms with van der Waals surface area (Å²) in [5.74, 6) is 0. The third-order valence-electron chi connectivity index (χ3n) is 4.59. The standard InChI is InChI=1S/C15H22N2OS/c1-11(19-2)14-4-3-12(9-16-14)17-10-13(18)5-6-15(17)7-8-15/h3-4,9,11,13,18H,5-8,10H2,1-2H3/t11?,13-/m0/s1. The Kier molecular flexibility index (Phi) is 3.48. The van der Waals surface area contributed by atoms with Gasteiger partial charge in [-0.2, -0.15) is 11.8 Å². The fourth-order valence-corrected chi connectivity index (χ4v) is 3.41. The highest BCUT2D eigenvalue weighted by atomic mass is 32.2. The molecule has 1 unspecified atom stereocenters. The van der Waals surface area contributed by atoms with Crippen LogP contribution in [0.25, 0.3) is 0 Å². The molecule has 0 aromatic carbocycles. The van der Waals surface area contributed by atoms with E-state index in [-0.39, 0.29) is 6.10 Å². The van der Waals surface area contributed by atoms with E-state index in [1.54, 1.807) is 0 Å². The van der Waals surface area contributed by atoms with E-state index in [2.05, 4.69) is 35.2 Å². The van der Waals surface area contributed by atoms with Gasteiger partial charge in [-0.25, -0.2) is 0 Å². The van der Waals surface area contributed by atoms with Crippen molar-refractivity contribution in [3.8, 4) is 0 Å². The summed E-state index contributed by atoms with van der Waals surface area (Å²) >= 11 is 1.82. The van der Waals surface area contributed by atoms with Crippen molar-refractivity contribution in [1.29, 1.82) is 0 Å². The Bertz CT molecular complexity index is 444. The highest BCUT2D eigenvalue weighted by Gasteiger charge is 2.50. The molecule has 104 valence electrons. The predicted molar refractivity (Wildman–Crippen MR) is 80.7 cm³/mol. The molecule has 2 aliphatic rings. The first-order chi connectivity index (χ1) is 9.14. The SMILES string of the molecule is CSC(C)c1ccc(N2C[C@@H](O)CCC23CC3)cn1. The van der Waals surface area contributed by atoms with Gasteiger partial charge in [-0.3, -0.25) is 4.98 Å². The van der Waals surface area contributed by atoms with Gasteiger partial charge in [-0.15, -0.1) is 0 Å². The number of anilines is 1. The molecule has 1 aliphatic carbocycles. The summed E-state index contributed by atoms with van der Waals surface area (Å²) in [7, 11) is 0. The van der Waals surface area contributed by atoms with Gasteiger partial charge in [0.2, 0.25) is 0 Å². The highest BCUT2D eigenvalue weighted by molar-refractivity contribution is 7.98. The van der Waals surface area contributed by atoms with E-state index < -0.39 is 0 Å². The van der Waals surface area contributed by atoms with E-state index in [0.717, 1.165) is 25.1 Å². The second-order valence-corrected chi connectivity index (χ2v) is 7.03. The number of β-amino-alcohol motifs (C(OH)–C–C–N with tert-alkyl or cyclic N) is 1. The Labute approximate surface area is 119 Å². The molecule has 2 fully saturated rings. The van der Waals surface area contributed by atoms with E-state index in [9.17, 15) is 5.11 Å². The Morgan fingerprint density at radius 2 is 2.21 bits per heavy atom. The zero-order chi connectivity index (χ0) is 13.5. The van der Waals surface area contributed by atoms with Crippen molar-refractivity contribution in [2.45, 2.75) is 49.5 Å². The van der Waals surface area contributed by atoms with Gasteiger partial charge < -0.3 is 10.0 Å². The van der Waals surface area contributed by atoms with Crippen LogP contribution >= 0.6 is 11.8 Å². The number of rotatable bonds is 3. The number of hydrogen-bond donors (Lipinski definition) is 1. The Balaban J connectivity index is 1.81. The van der Waals surface area contributed by atoms with Crippen molar-refractivity contribution < 1.29 is 5.11 Å². The Morgan fingerprint density at radius 3 is 2.79 bits per heavy atom. The lowest BCUT2D eigenvalue weighted by atomic mass is 9.97. The van der Waals surface area contributed by atoms with E-state index in [1.165, 1.54) is 18.5 Å². The van der Waals surface area contributed by atoms with Gasteiger partial charge >= 0.3 is 0 Å². The number of aliphatic hydroxyl groups excluding tert-OH is 1. The third-order valence-corrected chi connectivity index (χ3v) is 5.54. The van der Waals surface area contributed by atoms with Crippen molar-refractivity contribution in [3.63, 3.8) is 0 Å². The average Bonchev–Trinajstić information content (AvgIpc) is 3.22. The summed E-state index contributed by atoms with van der Waals surface area (Å²) in [5.41, 5.74) is 2.65. The first-order valence-corrected chi connectivity index (χ1v) is 8.38. The van der Waals surface area contributed by atoms with Gasteiger partial charge in [-0.1, -0.05) is 0 Å². The van der Waals surface area contributed by atoms with E-state index in [4.69, 9.17) is 0 Å². The number of aliphatic hydroxyl groups is 1. The molecule has 3 rings (SSSR count). The smallest absolute Gasteiger partial charge is 0.0716 e. The molecule has 1 spiro atoms. The number of hydrogen-bond acceptors (Lipinski definition) is 4. The van der Waals surface area contributed by atoms with Gasteiger partial charge in [-0.05, 0) is 51.0 Å². The molecule has 4 heteroatoms. The van der Waals surface area contributed by atoms with Crippen LogP contribution in [0.4, 0.5) is 5.69 Å². The van der Waals surface area contributed by atoms with Crippen LogP contribution in [0.5, 0.6) is 0 Å². The van der Waals surface area contributed by atoms with Crippen molar-refractivity contribution in [2.24, 2.45) is 0 Å². The van der Waals surface area contributed by atoms with Crippen LogP contribution in [-0.4, -0.2) is 34.5 Å². The summed E-state index contributed by atoms with van der Waals surface area (Å²) in [5, 5.41) is 10.4. The first kappa shape index (κ1) is 13.3. The maximum Gasteiger partial charge on any atom is 0.0716 e. The van der Waals surface area contributed by atoms with Crippen LogP contribution in [0, 0.1) is 0 Å². The lowest BCUT2D eigenvalue weighted by Crippen LogP contribution is -2.47. The normalized spacial score (nSPS) is 26.5. The number of piperidine rings is 1. The molecule has 2 heterocycles.